The standard InChI is InChI=1S/C19H11Cl2FN2O/c1-25-19-16(10-23)15(14-7-4-12(20)8-17(14)21)9-18(24-19)11-2-5-13(22)6-3-11/h2-9H,1H3. The summed E-state index contributed by atoms with van der Waals surface area (Å²) in [7, 11) is 1.44. The van der Waals surface area contributed by atoms with Crippen LogP contribution in [-0.4, -0.2) is 12.1 Å². The van der Waals surface area contributed by atoms with Gasteiger partial charge in [0.15, 0.2) is 0 Å². The fourth-order valence-electron chi connectivity index (χ4n) is 2.47. The molecule has 3 aromatic rings. The molecule has 6 heteroatoms. The Kier molecular flexibility index (Phi) is 4.89. The molecule has 2 aromatic carbocycles. The topological polar surface area (TPSA) is 45.9 Å². The summed E-state index contributed by atoms with van der Waals surface area (Å²) in [6.07, 6.45) is 0. The summed E-state index contributed by atoms with van der Waals surface area (Å²) in [6, 6.07) is 14.8. The zero-order chi connectivity index (χ0) is 18.0. The molecule has 0 fully saturated rings. The quantitative estimate of drug-likeness (QED) is 0.588. The number of nitrogens with zero attached hydrogens (tertiary/aromatic N) is 2. The average molecular weight is 373 g/mol. The minimum absolute atomic E-state index is 0.172. The normalized spacial score (nSPS) is 10.4. The molecule has 0 N–H and O–H groups in total. The second-order valence-corrected chi connectivity index (χ2v) is 6.03. The fourth-order valence-corrected chi connectivity index (χ4v) is 2.98. The van der Waals surface area contributed by atoms with Crippen LogP contribution < -0.4 is 4.74 Å². The SMILES string of the molecule is COc1nc(-c2ccc(F)cc2)cc(-c2ccc(Cl)cc2Cl)c1C#N. The van der Waals surface area contributed by atoms with E-state index in [2.05, 4.69) is 11.1 Å². The van der Waals surface area contributed by atoms with Crippen molar-refractivity contribution in [3.05, 3.63) is 70.0 Å². The van der Waals surface area contributed by atoms with Crippen LogP contribution in [0, 0.1) is 17.1 Å². The van der Waals surface area contributed by atoms with Crippen molar-refractivity contribution in [1.82, 2.24) is 4.98 Å². The molecule has 0 amide bonds. The van der Waals surface area contributed by atoms with E-state index in [0.717, 1.165) is 0 Å². The van der Waals surface area contributed by atoms with E-state index in [1.165, 1.54) is 19.2 Å². The third-order valence-electron chi connectivity index (χ3n) is 3.65. The van der Waals surface area contributed by atoms with Gasteiger partial charge in [-0.2, -0.15) is 5.26 Å². The first-order chi connectivity index (χ1) is 12.0. The molecule has 1 aromatic heterocycles. The largest absolute Gasteiger partial charge is 0.480 e. The van der Waals surface area contributed by atoms with Gasteiger partial charge in [-0.25, -0.2) is 9.37 Å². The van der Waals surface area contributed by atoms with Crippen molar-refractivity contribution in [3.63, 3.8) is 0 Å². The van der Waals surface area contributed by atoms with Crippen LogP contribution in [0.5, 0.6) is 5.88 Å². The van der Waals surface area contributed by atoms with E-state index in [4.69, 9.17) is 27.9 Å². The van der Waals surface area contributed by atoms with Crippen molar-refractivity contribution in [2.45, 2.75) is 0 Å². The summed E-state index contributed by atoms with van der Waals surface area (Å²) in [5.74, 6) is -0.171. The predicted octanol–water partition coefficient (Wildman–Crippen LogP) is 5.74. The van der Waals surface area contributed by atoms with Gasteiger partial charge in [-0.3, -0.25) is 0 Å². The number of pyridine rings is 1. The summed E-state index contributed by atoms with van der Waals surface area (Å²) in [5.41, 5.74) is 2.69. The lowest BCUT2D eigenvalue weighted by Crippen LogP contribution is -1.98. The third kappa shape index (κ3) is 3.43. The lowest BCUT2D eigenvalue weighted by Gasteiger charge is -2.13. The highest BCUT2D eigenvalue weighted by molar-refractivity contribution is 6.36. The summed E-state index contributed by atoms with van der Waals surface area (Å²) < 4.78 is 18.5. The van der Waals surface area contributed by atoms with Gasteiger partial charge in [-0.05, 0) is 42.5 Å². The molecule has 25 heavy (non-hydrogen) atoms. The number of ether oxygens (including phenoxy) is 1. The van der Waals surface area contributed by atoms with Crippen molar-refractivity contribution < 1.29 is 9.13 Å². The Hall–Kier alpha value is -2.61. The van der Waals surface area contributed by atoms with Gasteiger partial charge in [0.2, 0.25) is 5.88 Å². The van der Waals surface area contributed by atoms with E-state index in [1.54, 1.807) is 36.4 Å². The molecule has 124 valence electrons. The van der Waals surface area contributed by atoms with Gasteiger partial charge in [0.05, 0.1) is 12.8 Å². The Labute approximate surface area is 154 Å². The Balaban J connectivity index is 2.27. The number of methoxy groups -OCH3 is 1. The van der Waals surface area contributed by atoms with Gasteiger partial charge < -0.3 is 4.74 Å². The van der Waals surface area contributed by atoms with Crippen LogP contribution in [0.2, 0.25) is 10.0 Å². The van der Waals surface area contributed by atoms with Crippen molar-refractivity contribution >= 4 is 23.2 Å². The molecule has 1 heterocycles. The van der Waals surface area contributed by atoms with Gasteiger partial charge in [0.1, 0.15) is 17.4 Å². The molecule has 0 unspecified atom stereocenters. The molecule has 0 aliphatic heterocycles. The van der Waals surface area contributed by atoms with E-state index < -0.39 is 0 Å². The molecule has 0 spiro atoms. The predicted molar refractivity (Wildman–Crippen MR) is 96.4 cm³/mol. The summed E-state index contributed by atoms with van der Waals surface area (Å²) in [6.45, 7) is 0. The van der Waals surface area contributed by atoms with Gasteiger partial charge >= 0.3 is 0 Å². The Morgan fingerprint density at radius 2 is 1.76 bits per heavy atom. The minimum atomic E-state index is -0.342. The van der Waals surface area contributed by atoms with Crippen molar-refractivity contribution in [1.29, 1.82) is 5.26 Å². The molecule has 0 bridgehead atoms. The maximum absolute atomic E-state index is 13.2. The first-order valence-electron chi connectivity index (χ1n) is 7.24. The number of nitriles is 1. The Bertz CT molecular complexity index is 982. The molecule has 0 aliphatic carbocycles. The van der Waals surface area contributed by atoms with E-state index in [1.807, 2.05) is 0 Å². The molecular weight excluding hydrogens is 362 g/mol. The second-order valence-electron chi connectivity index (χ2n) is 5.18. The average Bonchev–Trinajstić information content (AvgIpc) is 2.61. The van der Waals surface area contributed by atoms with E-state index in [0.29, 0.717) is 32.4 Å². The molecule has 3 rings (SSSR count). The minimum Gasteiger partial charge on any atom is -0.480 e. The molecule has 0 aliphatic rings. The molecule has 0 saturated heterocycles. The number of halogens is 3. The number of aromatic nitrogens is 1. The van der Waals surface area contributed by atoms with Crippen LogP contribution in [-0.2, 0) is 0 Å². The lowest BCUT2D eigenvalue weighted by molar-refractivity contribution is 0.397. The van der Waals surface area contributed by atoms with Crippen LogP contribution in [0.1, 0.15) is 5.56 Å². The van der Waals surface area contributed by atoms with Crippen molar-refractivity contribution in [2.75, 3.05) is 7.11 Å². The van der Waals surface area contributed by atoms with Gasteiger partial charge in [0.25, 0.3) is 0 Å². The summed E-state index contributed by atoms with van der Waals surface area (Å²) in [4.78, 5) is 4.36. The van der Waals surface area contributed by atoms with Crippen LogP contribution in [0.15, 0.2) is 48.5 Å². The highest BCUT2D eigenvalue weighted by Gasteiger charge is 2.18. The van der Waals surface area contributed by atoms with Gasteiger partial charge in [-0.15, -0.1) is 0 Å². The highest BCUT2D eigenvalue weighted by atomic mass is 35.5. The molecule has 0 radical (unpaired) electrons. The molecule has 3 nitrogen and oxygen atoms in total. The number of benzene rings is 2. The van der Waals surface area contributed by atoms with Crippen LogP contribution in [0.4, 0.5) is 4.39 Å². The van der Waals surface area contributed by atoms with Crippen molar-refractivity contribution in [3.8, 4) is 34.3 Å². The zero-order valence-corrected chi connectivity index (χ0v) is 14.6. The third-order valence-corrected chi connectivity index (χ3v) is 4.20. The lowest BCUT2D eigenvalue weighted by atomic mass is 9.98. The summed E-state index contributed by atoms with van der Waals surface area (Å²) in [5, 5.41) is 10.4. The van der Waals surface area contributed by atoms with Gasteiger partial charge in [-0.1, -0.05) is 29.3 Å². The first-order valence-corrected chi connectivity index (χ1v) is 7.99. The smallest absolute Gasteiger partial charge is 0.232 e. The maximum atomic E-state index is 13.2. The Morgan fingerprint density at radius 3 is 2.36 bits per heavy atom. The molecule has 0 atom stereocenters. The first kappa shape index (κ1) is 17.2. The number of rotatable bonds is 3. The number of hydrogen-bond donors (Lipinski definition) is 0. The highest BCUT2D eigenvalue weighted by Crippen LogP contribution is 2.37. The molecule has 0 saturated carbocycles. The maximum Gasteiger partial charge on any atom is 0.232 e. The van der Waals surface area contributed by atoms with Crippen LogP contribution in [0.3, 0.4) is 0 Å². The van der Waals surface area contributed by atoms with E-state index >= 15 is 0 Å². The number of hydrogen-bond acceptors (Lipinski definition) is 3. The fraction of sp³-hybridized carbons (Fsp3) is 0.0526. The Morgan fingerprint density at radius 1 is 1.04 bits per heavy atom. The van der Waals surface area contributed by atoms with Gasteiger partial charge in [0, 0.05) is 26.7 Å². The molecular formula is C19H11Cl2FN2O. The summed E-state index contributed by atoms with van der Waals surface area (Å²) >= 11 is 12.3. The van der Waals surface area contributed by atoms with E-state index in [-0.39, 0.29) is 17.3 Å². The zero-order valence-electron chi connectivity index (χ0n) is 13.1. The van der Waals surface area contributed by atoms with Crippen LogP contribution >= 0.6 is 23.2 Å². The van der Waals surface area contributed by atoms with Crippen molar-refractivity contribution in [2.24, 2.45) is 0 Å². The monoisotopic (exact) mass is 372 g/mol. The second kappa shape index (κ2) is 7.10. The van der Waals surface area contributed by atoms with Crippen LogP contribution in [0.25, 0.3) is 22.4 Å². The van der Waals surface area contributed by atoms with E-state index in [9.17, 15) is 9.65 Å².